The fraction of sp³-hybridized carbons (Fsp3) is 0.250. The summed E-state index contributed by atoms with van der Waals surface area (Å²) in [5.74, 6) is 0. The molecule has 0 fully saturated rings. The number of hydrogen-bond acceptors (Lipinski definition) is 1. The molecule has 0 spiro atoms. The SMILES string of the molecule is CC(NP(N)(N)=O)c1ccccc1. The van der Waals surface area contributed by atoms with Crippen LogP contribution in [-0.2, 0) is 4.57 Å². The van der Waals surface area contributed by atoms with Gasteiger partial charge in [0.15, 0.2) is 0 Å². The maximum Gasteiger partial charge on any atom is 0.274 e. The van der Waals surface area contributed by atoms with E-state index < -0.39 is 7.59 Å². The Bertz CT molecular complexity index is 308. The van der Waals surface area contributed by atoms with E-state index in [9.17, 15) is 4.57 Å². The van der Waals surface area contributed by atoms with E-state index in [2.05, 4.69) is 5.09 Å². The molecule has 13 heavy (non-hydrogen) atoms. The Kier molecular flexibility index (Phi) is 3.22. The van der Waals surface area contributed by atoms with Crippen LogP contribution in [0.25, 0.3) is 0 Å². The minimum Gasteiger partial charge on any atom is -0.271 e. The van der Waals surface area contributed by atoms with Gasteiger partial charge in [0.2, 0.25) is 0 Å². The second-order valence-corrected chi connectivity index (χ2v) is 4.65. The molecule has 0 aliphatic carbocycles. The van der Waals surface area contributed by atoms with Gasteiger partial charge in [0.1, 0.15) is 0 Å². The Balaban J connectivity index is 2.70. The lowest BCUT2D eigenvalue weighted by Gasteiger charge is -2.16. The number of benzene rings is 1. The van der Waals surface area contributed by atoms with Crippen molar-refractivity contribution in [1.82, 2.24) is 5.09 Å². The molecule has 1 aromatic carbocycles. The van der Waals surface area contributed by atoms with Gasteiger partial charge < -0.3 is 0 Å². The van der Waals surface area contributed by atoms with Gasteiger partial charge in [0, 0.05) is 6.04 Å². The van der Waals surface area contributed by atoms with Gasteiger partial charge in [-0.15, -0.1) is 0 Å². The van der Waals surface area contributed by atoms with Crippen molar-refractivity contribution in [1.29, 1.82) is 0 Å². The van der Waals surface area contributed by atoms with Crippen molar-refractivity contribution in [2.24, 2.45) is 11.0 Å². The molecule has 0 heterocycles. The predicted molar refractivity (Wildman–Crippen MR) is 54.0 cm³/mol. The van der Waals surface area contributed by atoms with Gasteiger partial charge in [-0.05, 0) is 12.5 Å². The van der Waals surface area contributed by atoms with Crippen molar-refractivity contribution < 1.29 is 4.57 Å². The van der Waals surface area contributed by atoms with Crippen molar-refractivity contribution >= 4 is 7.59 Å². The van der Waals surface area contributed by atoms with Crippen LogP contribution in [0.4, 0.5) is 0 Å². The average molecular weight is 199 g/mol. The van der Waals surface area contributed by atoms with Crippen molar-refractivity contribution in [3.8, 4) is 0 Å². The highest BCUT2D eigenvalue weighted by Crippen LogP contribution is 2.25. The van der Waals surface area contributed by atoms with Gasteiger partial charge in [-0.1, -0.05) is 30.3 Å². The zero-order chi connectivity index (χ0) is 9.90. The first kappa shape index (κ1) is 10.4. The molecule has 1 rings (SSSR count). The van der Waals surface area contributed by atoms with Crippen LogP contribution >= 0.6 is 7.59 Å². The first-order valence-electron chi connectivity index (χ1n) is 3.99. The summed E-state index contributed by atoms with van der Waals surface area (Å²) >= 11 is 0. The summed E-state index contributed by atoms with van der Waals surface area (Å²) in [4.78, 5) is 0. The Morgan fingerprint density at radius 1 is 1.31 bits per heavy atom. The maximum absolute atomic E-state index is 11.0. The number of nitrogens with one attached hydrogen (secondary N) is 1. The van der Waals surface area contributed by atoms with E-state index in [0.717, 1.165) is 5.56 Å². The molecule has 0 bridgehead atoms. The summed E-state index contributed by atoms with van der Waals surface area (Å²) in [7, 11) is -3.14. The van der Waals surface area contributed by atoms with E-state index in [1.54, 1.807) is 0 Å². The number of hydrogen-bond donors (Lipinski definition) is 3. The first-order valence-corrected chi connectivity index (χ1v) is 5.83. The van der Waals surface area contributed by atoms with E-state index in [-0.39, 0.29) is 6.04 Å². The molecule has 5 N–H and O–H groups in total. The average Bonchev–Trinajstić information content (AvgIpc) is 2.03. The molecule has 1 aromatic rings. The quantitative estimate of drug-likeness (QED) is 0.642. The van der Waals surface area contributed by atoms with Crippen LogP contribution in [0.15, 0.2) is 30.3 Å². The Morgan fingerprint density at radius 2 is 1.85 bits per heavy atom. The Labute approximate surface area is 77.8 Å². The van der Waals surface area contributed by atoms with Crippen LogP contribution in [0.1, 0.15) is 18.5 Å². The largest absolute Gasteiger partial charge is 0.274 e. The van der Waals surface area contributed by atoms with E-state index in [4.69, 9.17) is 11.0 Å². The Morgan fingerprint density at radius 3 is 2.31 bits per heavy atom. The minimum absolute atomic E-state index is 0.0953. The summed E-state index contributed by atoms with van der Waals surface area (Å²) in [6, 6.07) is 9.49. The molecule has 0 aromatic heterocycles. The molecule has 0 radical (unpaired) electrons. The molecule has 0 aliphatic heterocycles. The van der Waals surface area contributed by atoms with E-state index >= 15 is 0 Å². The van der Waals surface area contributed by atoms with Crippen LogP contribution in [0, 0.1) is 0 Å². The highest BCUT2D eigenvalue weighted by atomic mass is 31.2. The van der Waals surface area contributed by atoms with Crippen LogP contribution < -0.4 is 16.1 Å². The van der Waals surface area contributed by atoms with Gasteiger partial charge in [0.25, 0.3) is 7.59 Å². The summed E-state index contributed by atoms with van der Waals surface area (Å²) in [6.07, 6.45) is 0. The molecule has 0 aliphatic rings. The second-order valence-electron chi connectivity index (χ2n) is 2.97. The summed E-state index contributed by atoms with van der Waals surface area (Å²) in [5.41, 5.74) is 11.4. The van der Waals surface area contributed by atoms with Crippen LogP contribution in [0.5, 0.6) is 0 Å². The van der Waals surface area contributed by atoms with Crippen molar-refractivity contribution in [3.05, 3.63) is 35.9 Å². The third-order valence-electron chi connectivity index (χ3n) is 1.69. The lowest BCUT2D eigenvalue weighted by Crippen LogP contribution is -2.24. The Hall–Kier alpha value is -0.670. The summed E-state index contributed by atoms with van der Waals surface area (Å²) in [5, 5.41) is 2.65. The molecule has 0 saturated carbocycles. The molecular formula is C8H14N3OP. The molecule has 5 heteroatoms. The van der Waals surface area contributed by atoms with E-state index in [1.807, 2.05) is 37.3 Å². The van der Waals surface area contributed by atoms with Crippen molar-refractivity contribution in [2.45, 2.75) is 13.0 Å². The highest BCUT2D eigenvalue weighted by Gasteiger charge is 2.13. The molecule has 1 unspecified atom stereocenters. The van der Waals surface area contributed by atoms with Gasteiger partial charge >= 0.3 is 0 Å². The van der Waals surface area contributed by atoms with Crippen LogP contribution in [0.2, 0.25) is 0 Å². The van der Waals surface area contributed by atoms with Gasteiger partial charge in [-0.3, -0.25) is 15.6 Å². The van der Waals surface area contributed by atoms with Gasteiger partial charge in [-0.25, -0.2) is 5.09 Å². The molecule has 72 valence electrons. The van der Waals surface area contributed by atoms with Gasteiger partial charge in [-0.2, -0.15) is 0 Å². The maximum atomic E-state index is 11.0. The zero-order valence-electron chi connectivity index (χ0n) is 7.47. The number of rotatable bonds is 3. The molecule has 0 saturated heterocycles. The molecular weight excluding hydrogens is 185 g/mol. The fourth-order valence-corrected chi connectivity index (χ4v) is 1.87. The highest BCUT2D eigenvalue weighted by molar-refractivity contribution is 7.56. The topological polar surface area (TPSA) is 81.1 Å². The lowest BCUT2D eigenvalue weighted by atomic mass is 10.1. The van der Waals surface area contributed by atoms with Crippen LogP contribution in [-0.4, -0.2) is 0 Å². The van der Waals surface area contributed by atoms with E-state index in [1.165, 1.54) is 0 Å². The smallest absolute Gasteiger partial charge is 0.271 e. The second kappa shape index (κ2) is 4.03. The predicted octanol–water partition coefficient (Wildman–Crippen LogP) is 1.36. The van der Waals surface area contributed by atoms with Crippen LogP contribution in [0.3, 0.4) is 0 Å². The molecule has 1 atom stereocenters. The first-order chi connectivity index (χ1) is 5.99. The third kappa shape index (κ3) is 3.70. The molecule has 0 amide bonds. The normalized spacial score (nSPS) is 14.1. The fourth-order valence-electron chi connectivity index (χ4n) is 1.12. The third-order valence-corrected chi connectivity index (χ3v) is 2.49. The molecule has 4 nitrogen and oxygen atoms in total. The monoisotopic (exact) mass is 199 g/mol. The zero-order valence-corrected chi connectivity index (χ0v) is 8.37. The standard InChI is InChI=1S/C8H14N3OP/c1-7(11-13(9,10)12)8-5-3-2-4-6-8/h2-7H,1H3,(H5,9,10,11,12). The summed E-state index contributed by atoms with van der Waals surface area (Å²) in [6.45, 7) is 1.86. The lowest BCUT2D eigenvalue weighted by molar-refractivity contribution is 0.555. The number of nitrogens with two attached hydrogens (primary N) is 2. The van der Waals surface area contributed by atoms with Crippen molar-refractivity contribution in [3.63, 3.8) is 0 Å². The van der Waals surface area contributed by atoms with E-state index in [0.29, 0.717) is 0 Å². The van der Waals surface area contributed by atoms with Crippen molar-refractivity contribution in [2.75, 3.05) is 0 Å². The summed E-state index contributed by atoms with van der Waals surface area (Å²) < 4.78 is 11.0. The van der Waals surface area contributed by atoms with Gasteiger partial charge in [0.05, 0.1) is 0 Å². The minimum atomic E-state index is -3.14.